The molecule has 3 aromatic heterocycles. The minimum absolute atomic E-state index is 0.0490. The molecule has 168 valence electrons. The Morgan fingerprint density at radius 3 is 2.61 bits per heavy atom. The fourth-order valence-electron chi connectivity index (χ4n) is 4.22. The zero-order chi connectivity index (χ0) is 23.2. The molecule has 1 aliphatic carbocycles. The molecule has 33 heavy (non-hydrogen) atoms. The van der Waals surface area contributed by atoms with E-state index in [-0.39, 0.29) is 17.7 Å². The van der Waals surface area contributed by atoms with Crippen molar-refractivity contribution < 1.29 is 13.2 Å². The van der Waals surface area contributed by atoms with Crippen LogP contribution < -0.4 is 10.9 Å². The molecule has 5 rings (SSSR count). The number of alkyl halides is 2. The molecular formula is C24H20F3N5O. The van der Waals surface area contributed by atoms with E-state index in [1.807, 2.05) is 12.1 Å². The molecule has 0 amide bonds. The van der Waals surface area contributed by atoms with E-state index in [2.05, 4.69) is 20.3 Å². The van der Waals surface area contributed by atoms with E-state index in [0.29, 0.717) is 22.5 Å². The van der Waals surface area contributed by atoms with Gasteiger partial charge in [0.25, 0.3) is 12.0 Å². The summed E-state index contributed by atoms with van der Waals surface area (Å²) in [5, 5.41) is 3.64. The molecule has 0 saturated heterocycles. The first kappa shape index (κ1) is 21.1. The highest BCUT2D eigenvalue weighted by molar-refractivity contribution is 5.88. The first-order valence-corrected chi connectivity index (χ1v) is 10.5. The van der Waals surface area contributed by atoms with Crippen molar-refractivity contribution in [2.45, 2.75) is 38.3 Å². The molecule has 0 unspecified atom stereocenters. The molecule has 1 N–H and O–H groups in total. The van der Waals surface area contributed by atoms with Crippen LogP contribution in [0.5, 0.6) is 0 Å². The Labute approximate surface area is 187 Å². The van der Waals surface area contributed by atoms with Crippen LogP contribution >= 0.6 is 0 Å². The minimum atomic E-state index is -2.90. The van der Waals surface area contributed by atoms with E-state index in [4.69, 9.17) is 0 Å². The molecule has 0 bridgehead atoms. The Morgan fingerprint density at radius 2 is 1.91 bits per heavy atom. The van der Waals surface area contributed by atoms with Gasteiger partial charge in [-0.15, -0.1) is 0 Å². The number of halogens is 3. The second-order valence-electron chi connectivity index (χ2n) is 8.14. The molecule has 0 spiro atoms. The van der Waals surface area contributed by atoms with Crippen molar-refractivity contribution in [1.82, 2.24) is 19.5 Å². The maximum atomic E-state index is 14.5. The van der Waals surface area contributed by atoms with Gasteiger partial charge in [0, 0.05) is 36.8 Å². The lowest BCUT2D eigenvalue weighted by Crippen LogP contribution is -2.30. The first-order valence-electron chi connectivity index (χ1n) is 10.5. The second kappa shape index (κ2) is 7.99. The molecule has 1 fully saturated rings. The van der Waals surface area contributed by atoms with Crippen LogP contribution in [0.25, 0.3) is 10.9 Å². The number of aryl methyl sites for hydroxylation is 1. The average molecular weight is 451 g/mol. The molecule has 0 aliphatic heterocycles. The van der Waals surface area contributed by atoms with Crippen LogP contribution in [0.4, 0.5) is 19.0 Å². The molecule has 6 nitrogen and oxygen atoms in total. The standard InChI is InChI=1S/C24H20F3N5O/c1-14-30-19-11-20(33)32(24(7-8-24)16-5-9-28-10-6-16)13-18(19)23(31-14)29-12-15-3-2-4-17(21(15)25)22(26)27/h2-6,9-11,13,22H,7-8,12H2,1H3,(H,29,30,31). The third-order valence-electron chi connectivity index (χ3n) is 6.04. The lowest BCUT2D eigenvalue weighted by Gasteiger charge is -2.20. The third-order valence-corrected chi connectivity index (χ3v) is 6.04. The van der Waals surface area contributed by atoms with Crippen LogP contribution in [0.1, 0.15) is 41.8 Å². The number of anilines is 1. The maximum absolute atomic E-state index is 14.5. The van der Waals surface area contributed by atoms with Gasteiger partial charge in [-0.1, -0.05) is 18.2 Å². The van der Waals surface area contributed by atoms with Crippen LogP contribution in [0, 0.1) is 12.7 Å². The van der Waals surface area contributed by atoms with Crippen LogP contribution in [-0.2, 0) is 12.1 Å². The summed E-state index contributed by atoms with van der Waals surface area (Å²) < 4.78 is 42.3. The molecule has 0 atom stereocenters. The van der Waals surface area contributed by atoms with Gasteiger partial charge in [0.15, 0.2) is 0 Å². The Hall–Kier alpha value is -3.75. The number of benzene rings is 1. The number of hydrogen-bond acceptors (Lipinski definition) is 5. The number of pyridine rings is 2. The van der Waals surface area contributed by atoms with Gasteiger partial charge in [-0.3, -0.25) is 9.78 Å². The number of nitrogens with zero attached hydrogens (tertiary/aromatic N) is 4. The summed E-state index contributed by atoms with van der Waals surface area (Å²) >= 11 is 0. The largest absolute Gasteiger partial charge is 0.365 e. The van der Waals surface area contributed by atoms with Crippen LogP contribution in [-0.4, -0.2) is 19.5 Å². The van der Waals surface area contributed by atoms with Crippen molar-refractivity contribution in [2.24, 2.45) is 0 Å². The number of fused-ring (bicyclic) bond motifs is 1. The Balaban J connectivity index is 1.56. The van der Waals surface area contributed by atoms with Crippen molar-refractivity contribution in [3.05, 3.63) is 93.7 Å². The molecule has 0 radical (unpaired) electrons. The van der Waals surface area contributed by atoms with E-state index >= 15 is 0 Å². The Morgan fingerprint density at radius 1 is 1.15 bits per heavy atom. The molecule has 3 heterocycles. The number of aromatic nitrogens is 4. The summed E-state index contributed by atoms with van der Waals surface area (Å²) in [4.78, 5) is 25.9. The molecule has 1 aliphatic rings. The van der Waals surface area contributed by atoms with Crippen molar-refractivity contribution in [2.75, 3.05) is 5.32 Å². The Kier molecular flexibility index (Phi) is 5.11. The SMILES string of the molecule is Cc1nc(NCc2cccc(C(F)F)c2F)c2cn(C3(c4ccncc4)CC3)c(=O)cc2n1. The van der Waals surface area contributed by atoms with Crippen LogP contribution in [0.15, 0.2) is 59.8 Å². The van der Waals surface area contributed by atoms with E-state index in [1.165, 1.54) is 18.2 Å². The average Bonchev–Trinajstić information content (AvgIpc) is 3.60. The molecule has 1 saturated carbocycles. The molecule has 4 aromatic rings. The van der Waals surface area contributed by atoms with Gasteiger partial charge in [-0.2, -0.15) is 0 Å². The predicted molar refractivity (Wildman–Crippen MR) is 118 cm³/mol. The summed E-state index contributed by atoms with van der Waals surface area (Å²) in [7, 11) is 0. The van der Waals surface area contributed by atoms with E-state index in [9.17, 15) is 18.0 Å². The van der Waals surface area contributed by atoms with Gasteiger partial charge in [0.2, 0.25) is 0 Å². The zero-order valence-electron chi connectivity index (χ0n) is 17.7. The van der Waals surface area contributed by atoms with Gasteiger partial charge < -0.3 is 9.88 Å². The minimum Gasteiger partial charge on any atom is -0.365 e. The summed E-state index contributed by atoms with van der Waals surface area (Å²) in [5.41, 5.74) is 0.275. The van der Waals surface area contributed by atoms with Crippen molar-refractivity contribution in [3.8, 4) is 0 Å². The molecular weight excluding hydrogens is 431 g/mol. The lowest BCUT2D eigenvalue weighted by molar-refractivity contribution is 0.146. The van der Waals surface area contributed by atoms with Gasteiger partial charge >= 0.3 is 0 Å². The zero-order valence-corrected chi connectivity index (χ0v) is 17.7. The monoisotopic (exact) mass is 451 g/mol. The summed E-state index contributed by atoms with van der Waals surface area (Å²) in [5.74, 6) is -0.112. The molecule has 1 aromatic carbocycles. The normalized spacial score (nSPS) is 14.6. The highest BCUT2D eigenvalue weighted by atomic mass is 19.3. The van der Waals surface area contributed by atoms with E-state index in [0.717, 1.165) is 24.5 Å². The van der Waals surface area contributed by atoms with Crippen LogP contribution in [0.2, 0.25) is 0 Å². The second-order valence-corrected chi connectivity index (χ2v) is 8.14. The summed E-state index contributed by atoms with van der Waals surface area (Å²) in [6, 6.07) is 9.17. The number of hydrogen-bond donors (Lipinski definition) is 1. The van der Waals surface area contributed by atoms with E-state index in [1.54, 1.807) is 30.1 Å². The lowest BCUT2D eigenvalue weighted by atomic mass is 10.1. The predicted octanol–water partition coefficient (Wildman–Crippen LogP) is 4.72. The third kappa shape index (κ3) is 3.73. The fourth-order valence-corrected chi connectivity index (χ4v) is 4.22. The number of rotatable bonds is 6. The molecule has 9 heteroatoms. The summed E-state index contributed by atoms with van der Waals surface area (Å²) in [6.07, 6.45) is 3.84. The van der Waals surface area contributed by atoms with Crippen LogP contribution in [0.3, 0.4) is 0 Å². The first-order chi connectivity index (χ1) is 15.9. The number of nitrogens with one attached hydrogen (secondary N) is 1. The highest BCUT2D eigenvalue weighted by Crippen LogP contribution is 2.48. The fraction of sp³-hybridized carbons (Fsp3) is 0.250. The summed E-state index contributed by atoms with van der Waals surface area (Å²) in [6.45, 7) is 1.64. The van der Waals surface area contributed by atoms with Gasteiger partial charge in [-0.25, -0.2) is 23.1 Å². The smallest absolute Gasteiger partial charge is 0.266 e. The van der Waals surface area contributed by atoms with Gasteiger partial charge in [0.1, 0.15) is 17.5 Å². The van der Waals surface area contributed by atoms with Gasteiger partial charge in [0.05, 0.1) is 22.0 Å². The van der Waals surface area contributed by atoms with Crippen molar-refractivity contribution >= 4 is 16.7 Å². The topological polar surface area (TPSA) is 72.7 Å². The highest BCUT2D eigenvalue weighted by Gasteiger charge is 2.47. The van der Waals surface area contributed by atoms with Crippen molar-refractivity contribution in [3.63, 3.8) is 0 Å². The van der Waals surface area contributed by atoms with Gasteiger partial charge in [-0.05, 0) is 37.5 Å². The quantitative estimate of drug-likeness (QED) is 0.459. The maximum Gasteiger partial charge on any atom is 0.266 e. The van der Waals surface area contributed by atoms with Crippen molar-refractivity contribution in [1.29, 1.82) is 0 Å². The van der Waals surface area contributed by atoms with E-state index < -0.39 is 23.3 Å². The Bertz CT molecular complexity index is 1400.